The average molecular weight is 327 g/mol. The van der Waals surface area contributed by atoms with Crippen LogP contribution in [-0.4, -0.2) is 36.0 Å². The molecule has 23 heavy (non-hydrogen) atoms. The molecule has 0 aliphatic rings. The zero-order valence-corrected chi connectivity index (χ0v) is 15.0. The maximum Gasteiger partial charge on any atom is 0.408 e. The minimum Gasteiger partial charge on any atom is -0.444 e. The molecule has 2 amide bonds. The van der Waals surface area contributed by atoms with Crippen LogP contribution in [0.4, 0.5) is 9.59 Å². The van der Waals surface area contributed by atoms with E-state index in [4.69, 9.17) is 14.7 Å². The Bertz CT molecular complexity index is 430. The first-order chi connectivity index (χ1) is 10.4. The summed E-state index contributed by atoms with van der Waals surface area (Å²) >= 11 is 0. The SMILES string of the molecule is CC(C)(C)OC(=O)NCCCC[C@@H](C#N)NC(=O)OC(C)(C)C. The Labute approximate surface area is 138 Å². The monoisotopic (exact) mass is 327 g/mol. The summed E-state index contributed by atoms with van der Waals surface area (Å²) in [5, 5.41) is 14.2. The zero-order chi connectivity index (χ0) is 18.1. The highest BCUT2D eigenvalue weighted by Gasteiger charge is 2.19. The van der Waals surface area contributed by atoms with E-state index in [1.165, 1.54) is 0 Å². The quantitative estimate of drug-likeness (QED) is 0.730. The van der Waals surface area contributed by atoms with E-state index in [9.17, 15) is 9.59 Å². The second kappa shape index (κ2) is 9.23. The standard InChI is InChI=1S/C16H29N3O4/c1-15(2,3)22-13(20)18-10-8-7-9-12(11-17)19-14(21)23-16(4,5)6/h12H,7-10H2,1-6H3,(H,18,20)(H,19,21)/t12-/m0/s1. The molecule has 0 fully saturated rings. The minimum absolute atomic E-state index is 0.457. The molecule has 1 atom stereocenters. The number of ether oxygens (including phenoxy) is 2. The van der Waals surface area contributed by atoms with Crippen LogP contribution in [0.1, 0.15) is 60.8 Å². The minimum atomic E-state index is -0.605. The predicted octanol–water partition coefficient (Wildman–Crippen LogP) is 3.10. The molecule has 0 saturated heterocycles. The van der Waals surface area contributed by atoms with Gasteiger partial charge in [0.05, 0.1) is 6.07 Å². The van der Waals surface area contributed by atoms with Crippen LogP contribution in [0, 0.1) is 11.3 Å². The highest BCUT2D eigenvalue weighted by atomic mass is 16.6. The van der Waals surface area contributed by atoms with Gasteiger partial charge in [0.15, 0.2) is 0 Å². The van der Waals surface area contributed by atoms with Gasteiger partial charge in [-0.15, -0.1) is 0 Å². The van der Waals surface area contributed by atoms with Crippen molar-refractivity contribution in [3.05, 3.63) is 0 Å². The Morgan fingerprint density at radius 1 is 1.00 bits per heavy atom. The van der Waals surface area contributed by atoms with Gasteiger partial charge in [0, 0.05) is 6.54 Å². The molecular weight excluding hydrogens is 298 g/mol. The molecular formula is C16H29N3O4. The van der Waals surface area contributed by atoms with Crippen molar-refractivity contribution >= 4 is 12.2 Å². The molecule has 0 rings (SSSR count). The molecule has 0 aromatic heterocycles. The molecule has 132 valence electrons. The maximum atomic E-state index is 11.6. The van der Waals surface area contributed by atoms with Crippen LogP contribution in [0.15, 0.2) is 0 Å². The lowest BCUT2D eigenvalue weighted by atomic mass is 10.1. The molecule has 0 aliphatic heterocycles. The number of hydrogen-bond acceptors (Lipinski definition) is 5. The van der Waals surface area contributed by atoms with E-state index in [0.717, 1.165) is 0 Å². The van der Waals surface area contributed by atoms with Crippen LogP contribution < -0.4 is 10.6 Å². The fourth-order valence-electron chi connectivity index (χ4n) is 1.60. The van der Waals surface area contributed by atoms with Gasteiger partial charge in [-0.05, 0) is 60.8 Å². The molecule has 0 heterocycles. The predicted molar refractivity (Wildman–Crippen MR) is 86.9 cm³/mol. The van der Waals surface area contributed by atoms with E-state index in [-0.39, 0.29) is 0 Å². The first-order valence-electron chi connectivity index (χ1n) is 7.79. The number of nitriles is 1. The molecule has 7 heteroatoms. The van der Waals surface area contributed by atoms with Crippen LogP contribution in [0.25, 0.3) is 0 Å². The van der Waals surface area contributed by atoms with Crippen molar-refractivity contribution in [3.63, 3.8) is 0 Å². The van der Waals surface area contributed by atoms with Gasteiger partial charge in [-0.2, -0.15) is 5.26 Å². The van der Waals surface area contributed by atoms with Gasteiger partial charge in [0.2, 0.25) is 0 Å². The fourth-order valence-corrected chi connectivity index (χ4v) is 1.60. The summed E-state index contributed by atoms with van der Waals surface area (Å²) in [6, 6.07) is 1.42. The van der Waals surface area contributed by atoms with Gasteiger partial charge in [-0.3, -0.25) is 0 Å². The summed E-state index contributed by atoms with van der Waals surface area (Å²) < 4.78 is 10.2. The first-order valence-corrected chi connectivity index (χ1v) is 7.79. The lowest BCUT2D eigenvalue weighted by Gasteiger charge is -2.21. The lowest BCUT2D eigenvalue weighted by molar-refractivity contribution is 0.0510. The number of rotatable bonds is 6. The van der Waals surface area contributed by atoms with Crippen LogP contribution >= 0.6 is 0 Å². The number of hydrogen-bond donors (Lipinski definition) is 2. The second-order valence-corrected chi connectivity index (χ2v) is 7.25. The Hall–Kier alpha value is -1.97. The molecule has 0 bridgehead atoms. The highest BCUT2D eigenvalue weighted by molar-refractivity contribution is 5.68. The zero-order valence-electron chi connectivity index (χ0n) is 15.0. The molecule has 7 nitrogen and oxygen atoms in total. The topological polar surface area (TPSA) is 100 Å². The van der Waals surface area contributed by atoms with Crippen molar-refractivity contribution in [3.8, 4) is 6.07 Å². The summed E-state index contributed by atoms with van der Waals surface area (Å²) in [5.41, 5.74) is -1.12. The van der Waals surface area contributed by atoms with Crippen LogP contribution in [0.3, 0.4) is 0 Å². The number of alkyl carbamates (subject to hydrolysis) is 2. The van der Waals surface area contributed by atoms with Gasteiger partial charge in [0.1, 0.15) is 17.2 Å². The molecule has 2 N–H and O–H groups in total. The number of nitrogens with zero attached hydrogens (tertiary/aromatic N) is 1. The van der Waals surface area contributed by atoms with Gasteiger partial charge < -0.3 is 20.1 Å². The molecule has 0 radical (unpaired) electrons. The fraction of sp³-hybridized carbons (Fsp3) is 0.812. The smallest absolute Gasteiger partial charge is 0.408 e. The Balaban J connectivity index is 3.91. The largest absolute Gasteiger partial charge is 0.444 e. The van der Waals surface area contributed by atoms with Crippen molar-refractivity contribution in [2.45, 2.75) is 78.0 Å². The van der Waals surface area contributed by atoms with Crippen LogP contribution in [0.5, 0.6) is 0 Å². The maximum absolute atomic E-state index is 11.6. The molecule has 0 aromatic carbocycles. The normalized spacial score (nSPS) is 12.7. The Kier molecular flexibility index (Phi) is 8.44. The summed E-state index contributed by atoms with van der Waals surface area (Å²) in [4.78, 5) is 23.0. The first kappa shape index (κ1) is 21.0. The van der Waals surface area contributed by atoms with E-state index in [1.54, 1.807) is 41.5 Å². The van der Waals surface area contributed by atoms with Gasteiger partial charge in [-0.1, -0.05) is 0 Å². The summed E-state index contributed by atoms with van der Waals surface area (Å²) in [6.07, 6.45) is 0.806. The van der Waals surface area contributed by atoms with E-state index in [2.05, 4.69) is 10.6 Å². The number of unbranched alkanes of at least 4 members (excludes halogenated alkanes) is 1. The third-order valence-corrected chi connectivity index (χ3v) is 2.43. The number of amides is 2. The number of carbonyl (C=O) groups excluding carboxylic acids is 2. The van der Waals surface area contributed by atoms with Crippen molar-refractivity contribution in [1.82, 2.24) is 10.6 Å². The summed E-state index contributed by atoms with van der Waals surface area (Å²) in [7, 11) is 0. The van der Waals surface area contributed by atoms with E-state index in [1.807, 2.05) is 6.07 Å². The molecule has 0 aromatic rings. The summed E-state index contributed by atoms with van der Waals surface area (Å²) in [5.74, 6) is 0. The third kappa shape index (κ3) is 13.4. The molecule has 0 aliphatic carbocycles. The molecule has 0 unspecified atom stereocenters. The average Bonchev–Trinajstić information content (AvgIpc) is 2.32. The van der Waals surface area contributed by atoms with Crippen molar-refractivity contribution in [1.29, 1.82) is 5.26 Å². The van der Waals surface area contributed by atoms with Crippen LogP contribution in [0.2, 0.25) is 0 Å². The van der Waals surface area contributed by atoms with E-state index >= 15 is 0 Å². The number of nitrogens with one attached hydrogen (secondary N) is 2. The van der Waals surface area contributed by atoms with E-state index in [0.29, 0.717) is 25.8 Å². The third-order valence-electron chi connectivity index (χ3n) is 2.43. The van der Waals surface area contributed by atoms with Gasteiger partial charge >= 0.3 is 12.2 Å². The van der Waals surface area contributed by atoms with Crippen molar-refractivity contribution < 1.29 is 19.1 Å². The Morgan fingerprint density at radius 2 is 1.52 bits per heavy atom. The van der Waals surface area contributed by atoms with Crippen molar-refractivity contribution in [2.24, 2.45) is 0 Å². The molecule has 0 spiro atoms. The Morgan fingerprint density at radius 3 is 2.00 bits per heavy atom. The van der Waals surface area contributed by atoms with Crippen LogP contribution in [-0.2, 0) is 9.47 Å². The second-order valence-electron chi connectivity index (χ2n) is 7.25. The van der Waals surface area contributed by atoms with E-state index < -0.39 is 29.4 Å². The van der Waals surface area contributed by atoms with Gasteiger partial charge in [0.25, 0.3) is 0 Å². The van der Waals surface area contributed by atoms with Gasteiger partial charge in [-0.25, -0.2) is 9.59 Å². The van der Waals surface area contributed by atoms with Crippen molar-refractivity contribution in [2.75, 3.05) is 6.54 Å². The lowest BCUT2D eigenvalue weighted by Crippen LogP contribution is -2.38. The highest BCUT2D eigenvalue weighted by Crippen LogP contribution is 2.08. The molecule has 0 saturated carbocycles. The summed E-state index contributed by atoms with van der Waals surface area (Å²) in [6.45, 7) is 11.1. The number of carbonyl (C=O) groups is 2.